The Morgan fingerprint density at radius 1 is 1.11 bits per heavy atom. The Labute approximate surface area is 122 Å². The quantitative estimate of drug-likeness (QED) is 0.640. The van der Waals surface area contributed by atoms with Gasteiger partial charge in [0.1, 0.15) is 0 Å². The first-order valence-corrected chi connectivity index (χ1v) is 7.34. The van der Waals surface area contributed by atoms with Gasteiger partial charge in [-0.25, -0.2) is 0 Å². The van der Waals surface area contributed by atoms with Gasteiger partial charge in [0, 0.05) is 4.47 Å². The van der Waals surface area contributed by atoms with Crippen molar-refractivity contribution in [2.75, 3.05) is 0 Å². The molecule has 18 heavy (non-hydrogen) atoms. The second kappa shape index (κ2) is 5.90. The van der Waals surface area contributed by atoms with Crippen LogP contribution in [0.2, 0.25) is 0 Å². The summed E-state index contributed by atoms with van der Waals surface area (Å²) < 4.78 is 1.11. The van der Waals surface area contributed by atoms with Crippen LogP contribution in [0.25, 0.3) is 0 Å². The van der Waals surface area contributed by atoms with E-state index in [-0.39, 0.29) is 5.38 Å². The lowest BCUT2D eigenvalue weighted by Crippen LogP contribution is -1.97. The van der Waals surface area contributed by atoms with Crippen LogP contribution in [-0.4, -0.2) is 0 Å². The normalized spacial score (nSPS) is 12.4. The van der Waals surface area contributed by atoms with Crippen LogP contribution in [0, 0.1) is 6.92 Å². The summed E-state index contributed by atoms with van der Waals surface area (Å²) in [6.07, 6.45) is 1.06. The molecule has 1 atom stereocenters. The van der Waals surface area contributed by atoms with Crippen molar-refractivity contribution in [2.24, 2.45) is 0 Å². The van der Waals surface area contributed by atoms with E-state index >= 15 is 0 Å². The number of rotatable bonds is 3. The van der Waals surface area contributed by atoms with Crippen molar-refractivity contribution in [1.29, 1.82) is 0 Å². The molecule has 0 amide bonds. The summed E-state index contributed by atoms with van der Waals surface area (Å²) in [5.74, 6) is 0. The van der Waals surface area contributed by atoms with Crippen molar-refractivity contribution in [2.45, 2.75) is 25.6 Å². The minimum atomic E-state index is -0.0894. The molecule has 2 aromatic rings. The Balaban J connectivity index is 2.35. The number of halogens is 2. The number of alkyl halides is 1. The first kappa shape index (κ1) is 13.6. The van der Waals surface area contributed by atoms with E-state index in [1.807, 2.05) is 12.1 Å². The molecule has 0 N–H and O–H groups in total. The maximum atomic E-state index is 6.58. The topological polar surface area (TPSA) is 0 Å². The Morgan fingerprint density at radius 3 is 2.39 bits per heavy atom. The molecule has 0 nitrogen and oxygen atoms in total. The lowest BCUT2D eigenvalue weighted by atomic mass is 9.99. The van der Waals surface area contributed by atoms with E-state index in [0.717, 1.165) is 22.0 Å². The fraction of sp³-hybridized carbons (Fsp3) is 0.250. The zero-order valence-electron chi connectivity index (χ0n) is 10.6. The molecule has 94 valence electrons. The van der Waals surface area contributed by atoms with E-state index in [9.17, 15) is 0 Å². The highest BCUT2D eigenvalue weighted by Crippen LogP contribution is 2.33. The van der Waals surface area contributed by atoms with Gasteiger partial charge in [-0.05, 0) is 41.7 Å². The Bertz CT molecular complexity index is 531. The third-order valence-corrected chi connectivity index (χ3v) is 4.61. The lowest BCUT2D eigenvalue weighted by molar-refractivity contribution is 1.08. The highest BCUT2D eigenvalue weighted by Gasteiger charge is 2.14. The number of hydrogen-bond donors (Lipinski definition) is 0. The second-order valence-electron chi connectivity index (χ2n) is 4.41. The Morgan fingerprint density at radius 2 is 1.78 bits per heavy atom. The van der Waals surface area contributed by atoms with Gasteiger partial charge >= 0.3 is 0 Å². The predicted octanol–water partition coefficient (Wildman–Crippen LogP) is 5.65. The van der Waals surface area contributed by atoms with E-state index < -0.39 is 0 Å². The third-order valence-electron chi connectivity index (χ3n) is 3.26. The molecule has 2 heteroatoms. The average molecular weight is 324 g/mol. The van der Waals surface area contributed by atoms with Crippen molar-refractivity contribution in [3.63, 3.8) is 0 Å². The van der Waals surface area contributed by atoms with Gasteiger partial charge < -0.3 is 0 Å². The van der Waals surface area contributed by atoms with Gasteiger partial charge in [0.05, 0.1) is 5.38 Å². The molecule has 0 radical (unpaired) electrons. The van der Waals surface area contributed by atoms with E-state index in [1.165, 1.54) is 11.1 Å². The number of aryl methyl sites for hydroxylation is 1. The highest BCUT2D eigenvalue weighted by molar-refractivity contribution is 9.10. The van der Waals surface area contributed by atoms with Crippen LogP contribution >= 0.6 is 27.5 Å². The van der Waals surface area contributed by atoms with Gasteiger partial charge in [0.2, 0.25) is 0 Å². The summed E-state index contributed by atoms with van der Waals surface area (Å²) in [7, 11) is 0. The van der Waals surface area contributed by atoms with Crippen molar-refractivity contribution in [1.82, 2.24) is 0 Å². The molecule has 2 aromatic carbocycles. The molecule has 0 saturated heterocycles. The van der Waals surface area contributed by atoms with Crippen LogP contribution < -0.4 is 0 Å². The molecule has 0 aliphatic rings. The average Bonchev–Trinajstić information content (AvgIpc) is 2.41. The highest BCUT2D eigenvalue weighted by atomic mass is 79.9. The molecular formula is C16H16BrCl. The molecule has 0 aliphatic carbocycles. The summed E-state index contributed by atoms with van der Waals surface area (Å²) >= 11 is 10.1. The maximum absolute atomic E-state index is 6.58. The zero-order valence-corrected chi connectivity index (χ0v) is 12.9. The maximum Gasteiger partial charge on any atom is 0.0838 e. The second-order valence-corrected chi connectivity index (χ2v) is 5.70. The molecule has 0 saturated carbocycles. The zero-order chi connectivity index (χ0) is 13.1. The molecule has 0 aliphatic heterocycles. The van der Waals surface area contributed by atoms with Gasteiger partial charge in [-0.2, -0.15) is 0 Å². The van der Waals surface area contributed by atoms with Gasteiger partial charge in [-0.1, -0.05) is 59.3 Å². The van der Waals surface area contributed by atoms with Crippen LogP contribution in [0.4, 0.5) is 0 Å². The fourth-order valence-corrected chi connectivity index (χ4v) is 2.76. The lowest BCUT2D eigenvalue weighted by Gasteiger charge is -2.14. The van der Waals surface area contributed by atoms with E-state index in [1.54, 1.807) is 0 Å². The summed E-state index contributed by atoms with van der Waals surface area (Å²) in [5, 5.41) is -0.0894. The van der Waals surface area contributed by atoms with Crippen molar-refractivity contribution in [3.8, 4) is 0 Å². The molecule has 0 bridgehead atoms. The molecule has 0 aromatic heterocycles. The van der Waals surface area contributed by atoms with E-state index in [4.69, 9.17) is 11.6 Å². The first-order chi connectivity index (χ1) is 8.63. The monoisotopic (exact) mass is 322 g/mol. The van der Waals surface area contributed by atoms with Crippen molar-refractivity contribution < 1.29 is 0 Å². The smallest absolute Gasteiger partial charge is 0.0838 e. The minimum Gasteiger partial charge on any atom is -0.113 e. The van der Waals surface area contributed by atoms with Gasteiger partial charge in [0.25, 0.3) is 0 Å². The van der Waals surface area contributed by atoms with Crippen molar-refractivity contribution in [3.05, 3.63) is 69.2 Å². The Hall–Kier alpha value is -0.790. The molecule has 1 unspecified atom stereocenters. The van der Waals surface area contributed by atoms with Crippen LogP contribution in [0.1, 0.15) is 34.6 Å². The Kier molecular flexibility index (Phi) is 4.47. The summed E-state index contributed by atoms with van der Waals surface area (Å²) in [6.45, 7) is 4.25. The van der Waals surface area contributed by atoms with Crippen LogP contribution in [-0.2, 0) is 6.42 Å². The molecular weight excluding hydrogens is 308 g/mol. The predicted molar refractivity (Wildman–Crippen MR) is 82.4 cm³/mol. The standard InChI is InChI=1S/C16H16BrCl/c1-3-12-7-9-13(10-8-12)16(18)14-5-4-6-15(17)11(14)2/h4-10,16H,3H2,1-2H3. The van der Waals surface area contributed by atoms with E-state index in [2.05, 4.69) is 60.1 Å². The SMILES string of the molecule is CCc1ccc(C(Cl)c2cccc(Br)c2C)cc1. The fourth-order valence-electron chi connectivity index (χ4n) is 2.00. The van der Waals surface area contributed by atoms with E-state index in [0.29, 0.717) is 0 Å². The van der Waals surface area contributed by atoms with Crippen LogP contribution in [0.3, 0.4) is 0 Å². The largest absolute Gasteiger partial charge is 0.113 e. The van der Waals surface area contributed by atoms with Crippen LogP contribution in [0.5, 0.6) is 0 Å². The van der Waals surface area contributed by atoms with Crippen LogP contribution in [0.15, 0.2) is 46.9 Å². The van der Waals surface area contributed by atoms with Gasteiger partial charge in [-0.3, -0.25) is 0 Å². The summed E-state index contributed by atoms with van der Waals surface area (Å²) in [4.78, 5) is 0. The molecule has 0 spiro atoms. The third kappa shape index (κ3) is 2.78. The number of benzene rings is 2. The summed E-state index contributed by atoms with van der Waals surface area (Å²) in [5.41, 5.74) is 4.86. The van der Waals surface area contributed by atoms with Crippen molar-refractivity contribution >= 4 is 27.5 Å². The molecule has 0 heterocycles. The summed E-state index contributed by atoms with van der Waals surface area (Å²) in [6, 6.07) is 14.7. The first-order valence-electron chi connectivity index (χ1n) is 6.11. The number of hydrogen-bond acceptors (Lipinski definition) is 0. The van der Waals surface area contributed by atoms with Gasteiger partial charge in [0.15, 0.2) is 0 Å². The molecule has 0 fully saturated rings. The minimum absolute atomic E-state index is 0.0894. The molecule has 2 rings (SSSR count). The van der Waals surface area contributed by atoms with Gasteiger partial charge in [-0.15, -0.1) is 11.6 Å².